The summed E-state index contributed by atoms with van der Waals surface area (Å²) in [6, 6.07) is 7.23. The van der Waals surface area contributed by atoms with Crippen LogP contribution in [0.15, 0.2) is 24.3 Å². The second-order valence-corrected chi connectivity index (χ2v) is 4.90. The van der Waals surface area contributed by atoms with Crippen LogP contribution >= 0.6 is 0 Å². The molecule has 0 bridgehead atoms. The van der Waals surface area contributed by atoms with Gasteiger partial charge in [-0.15, -0.1) is 0 Å². The van der Waals surface area contributed by atoms with Gasteiger partial charge in [-0.1, -0.05) is 6.07 Å². The van der Waals surface area contributed by atoms with Crippen LogP contribution in [0.4, 0.5) is 5.69 Å². The van der Waals surface area contributed by atoms with Crippen LogP contribution in [0, 0.1) is 5.92 Å². The average molecular weight is 292 g/mol. The van der Waals surface area contributed by atoms with E-state index in [4.69, 9.17) is 9.47 Å². The van der Waals surface area contributed by atoms with Gasteiger partial charge in [-0.25, -0.2) is 0 Å². The van der Waals surface area contributed by atoms with Gasteiger partial charge in [-0.2, -0.15) is 0 Å². The number of nitrogens with one attached hydrogen (secondary N) is 2. The van der Waals surface area contributed by atoms with E-state index in [-0.39, 0.29) is 17.7 Å². The highest BCUT2D eigenvalue weighted by Gasteiger charge is 2.24. The van der Waals surface area contributed by atoms with Crippen LogP contribution in [0.5, 0.6) is 5.75 Å². The predicted molar refractivity (Wildman–Crippen MR) is 78.2 cm³/mol. The summed E-state index contributed by atoms with van der Waals surface area (Å²) in [7, 11) is 1.61. The number of piperidine rings is 1. The largest absolute Gasteiger partial charge is 0.491 e. The average Bonchev–Trinajstić information content (AvgIpc) is 2.48. The highest BCUT2D eigenvalue weighted by atomic mass is 16.5. The second-order valence-electron chi connectivity index (χ2n) is 4.90. The molecule has 2 rings (SSSR count). The molecule has 1 aromatic carbocycles. The summed E-state index contributed by atoms with van der Waals surface area (Å²) in [6.45, 7) is 1.37. The minimum atomic E-state index is -0.180. The van der Waals surface area contributed by atoms with E-state index in [1.165, 1.54) is 0 Å². The van der Waals surface area contributed by atoms with Gasteiger partial charge in [0.25, 0.3) is 0 Å². The fraction of sp³-hybridized carbons (Fsp3) is 0.467. The van der Waals surface area contributed by atoms with Crippen molar-refractivity contribution in [3.05, 3.63) is 24.3 Å². The van der Waals surface area contributed by atoms with Crippen molar-refractivity contribution in [1.82, 2.24) is 5.32 Å². The number of methoxy groups -OCH3 is 1. The molecule has 0 aliphatic carbocycles. The lowest BCUT2D eigenvalue weighted by atomic mass is 9.98. The van der Waals surface area contributed by atoms with Crippen molar-refractivity contribution in [2.75, 3.05) is 32.2 Å². The molecule has 1 aromatic rings. The number of benzene rings is 1. The third-order valence-electron chi connectivity index (χ3n) is 3.29. The van der Waals surface area contributed by atoms with E-state index < -0.39 is 0 Å². The van der Waals surface area contributed by atoms with E-state index in [2.05, 4.69) is 10.6 Å². The molecule has 2 amide bonds. The molecule has 21 heavy (non-hydrogen) atoms. The molecule has 114 valence electrons. The number of ether oxygens (including phenoxy) is 2. The maximum atomic E-state index is 12.1. The van der Waals surface area contributed by atoms with E-state index in [0.29, 0.717) is 44.0 Å². The number of hydrogen-bond acceptors (Lipinski definition) is 4. The summed E-state index contributed by atoms with van der Waals surface area (Å²) in [5, 5.41) is 5.56. The maximum Gasteiger partial charge on any atom is 0.229 e. The first kappa shape index (κ1) is 15.3. The van der Waals surface area contributed by atoms with Gasteiger partial charge in [0, 0.05) is 31.8 Å². The summed E-state index contributed by atoms with van der Waals surface area (Å²) >= 11 is 0. The molecule has 0 radical (unpaired) electrons. The van der Waals surface area contributed by atoms with Gasteiger partial charge in [0.1, 0.15) is 12.4 Å². The van der Waals surface area contributed by atoms with Crippen molar-refractivity contribution in [2.45, 2.75) is 12.8 Å². The summed E-state index contributed by atoms with van der Waals surface area (Å²) in [5.41, 5.74) is 0.687. The topological polar surface area (TPSA) is 76.7 Å². The Hall–Kier alpha value is -2.08. The lowest BCUT2D eigenvalue weighted by Crippen LogP contribution is -2.40. The van der Waals surface area contributed by atoms with Gasteiger partial charge >= 0.3 is 0 Å². The molecular formula is C15H20N2O4. The molecule has 6 heteroatoms. The van der Waals surface area contributed by atoms with Crippen LogP contribution in [-0.4, -0.2) is 38.7 Å². The Morgan fingerprint density at radius 1 is 1.43 bits per heavy atom. The van der Waals surface area contributed by atoms with Gasteiger partial charge in [-0.05, 0) is 18.6 Å². The Labute approximate surface area is 123 Å². The molecular weight excluding hydrogens is 272 g/mol. The Kier molecular flexibility index (Phi) is 5.57. The van der Waals surface area contributed by atoms with Gasteiger partial charge < -0.3 is 20.1 Å². The molecule has 0 saturated carbocycles. The molecule has 2 N–H and O–H groups in total. The van der Waals surface area contributed by atoms with Crippen LogP contribution in [0.25, 0.3) is 0 Å². The molecule has 1 aliphatic rings. The van der Waals surface area contributed by atoms with Crippen LogP contribution in [0.1, 0.15) is 12.8 Å². The number of carbonyl (C=O) groups excluding carboxylic acids is 2. The SMILES string of the molecule is COCCOc1cccc(NC(=O)C2CCC(=O)NC2)c1. The number of rotatable bonds is 6. The summed E-state index contributed by atoms with van der Waals surface area (Å²) in [5.74, 6) is 0.430. The highest BCUT2D eigenvalue weighted by Crippen LogP contribution is 2.19. The van der Waals surface area contributed by atoms with Gasteiger partial charge in [0.05, 0.1) is 12.5 Å². The fourth-order valence-corrected chi connectivity index (χ4v) is 2.11. The quantitative estimate of drug-likeness (QED) is 0.772. The van der Waals surface area contributed by atoms with E-state index >= 15 is 0 Å². The van der Waals surface area contributed by atoms with Crippen molar-refractivity contribution >= 4 is 17.5 Å². The van der Waals surface area contributed by atoms with E-state index in [1.54, 1.807) is 13.2 Å². The summed E-state index contributed by atoms with van der Waals surface area (Å²) < 4.78 is 10.4. The minimum absolute atomic E-state index is 0.00703. The predicted octanol–water partition coefficient (Wildman–Crippen LogP) is 1.18. The molecule has 0 spiro atoms. The van der Waals surface area contributed by atoms with Crippen molar-refractivity contribution < 1.29 is 19.1 Å². The molecule has 1 heterocycles. The lowest BCUT2D eigenvalue weighted by Gasteiger charge is -2.21. The van der Waals surface area contributed by atoms with Gasteiger partial charge in [-0.3, -0.25) is 9.59 Å². The molecule has 6 nitrogen and oxygen atoms in total. The first-order valence-electron chi connectivity index (χ1n) is 6.98. The van der Waals surface area contributed by atoms with Crippen molar-refractivity contribution in [2.24, 2.45) is 5.92 Å². The second kappa shape index (κ2) is 7.64. The number of amides is 2. The molecule has 1 atom stereocenters. The smallest absolute Gasteiger partial charge is 0.229 e. The Morgan fingerprint density at radius 3 is 3.00 bits per heavy atom. The van der Waals surface area contributed by atoms with Crippen LogP contribution in [0.2, 0.25) is 0 Å². The third kappa shape index (κ3) is 4.75. The lowest BCUT2D eigenvalue weighted by molar-refractivity contribution is -0.126. The van der Waals surface area contributed by atoms with Crippen molar-refractivity contribution in [3.8, 4) is 5.75 Å². The number of anilines is 1. The van der Waals surface area contributed by atoms with Gasteiger partial charge in [0.15, 0.2) is 0 Å². The zero-order chi connectivity index (χ0) is 15.1. The van der Waals surface area contributed by atoms with Crippen LogP contribution in [0.3, 0.4) is 0 Å². The Balaban J connectivity index is 1.88. The minimum Gasteiger partial charge on any atom is -0.491 e. The normalized spacial score (nSPS) is 18.0. The van der Waals surface area contributed by atoms with Crippen molar-refractivity contribution in [1.29, 1.82) is 0 Å². The monoisotopic (exact) mass is 292 g/mol. The fourth-order valence-electron chi connectivity index (χ4n) is 2.11. The Bertz CT molecular complexity index is 494. The van der Waals surface area contributed by atoms with E-state index in [0.717, 1.165) is 0 Å². The zero-order valence-electron chi connectivity index (χ0n) is 12.1. The zero-order valence-corrected chi connectivity index (χ0v) is 12.1. The highest BCUT2D eigenvalue weighted by molar-refractivity contribution is 5.94. The van der Waals surface area contributed by atoms with Crippen LogP contribution in [-0.2, 0) is 14.3 Å². The van der Waals surface area contributed by atoms with Gasteiger partial charge in [0.2, 0.25) is 11.8 Å². The first-order chi connectivity index (χ1) is 10.2. The first-order valence-corrected chi connectivity index (χ1v) is 6.98. The number of carbonyl (C=O) groups is 2. The van der Waals surface area contributed by atoms with Crippen molar-refractivity contribution in [3.63, 3.8) is 0 Å². The molecule has 1 aliphatic heterocycles. The maximum absolute atomic E-state index is 12.1. The number of hydrogen-bond donors (Lipinski definition) is 2. The van der Waals surface area contributed by atoms with E-state index in [1.807, 2.05) is 18.2 Å². The molecule has 0 aromatic heterocycles. The Morgan fingerprint density at radius 2 is 2.29 bits per heavy atom. The third-order valence-corrected chi connectivity index (χ3v) is 3.29. The van der Waals surface area contributed by atoms with E-state index in [9.17, 15) is 9.59 Å². The molecule has 1 fully saturated rings. The standard InChI is InChI=1S/C15H20N2O4/c1-20-7-8-21-13-4-2-3-12(9-13)17-15(19)11-5-6-14(18)16-10-11/h2-4,9,11H,5-8,10H2,1H3,(H,16,18)(H,17,19). The van der Waals surface area contributed by atoms with Crippen LogP contribution < -0.4 is 15.4 Å². The molecule has 1 saturated heterocycles. The summed E-state index contributed by atoms with van der Waals surface area (Å²) in [4.78, 5) is 23.2. The summed E-state index contributed by atoms with van der Waals surface area (Å²) in [6.07, 6.45) is 0.986. The molecule has 1 unspecified atom stereocenters.